The molecule has 0 aliphatic carbocycles. The summed E-state index contributed by atoms with van der Waals surface area (Å²) in [7, 11) is 3.13. The largest absolute Gasteiger partial charge is 0.480 e. The Morgan fingerprint density at radius 2 is 1.58 bits per heavy atom. The van der Waals surface area contributed by atoms with Crippen molar-refractivity contribution in [3.8, 4) is 0 Å². The van der Waals surface area contributed by atoms with Crippen LogP contribution in [-0.4, -0.2) is 42.1 Å². The van der Waals surface area contributed by atoms with Crippen LogP contribution in [0.1, 0.15) is 18.1 Å². The Bertz CT molecular complexity index is 479. The molecule has 0 aromatic heterocycles. The minimum Gasteiger partial charge on any atom is -0.480 e. The zero-order valence-corrected chi connectivity index (χ0v) is 12.0. The van der Waals surface area contributed by atoms with E-state index in [0.717, 1.165) is 16.8 Å². The third kappa shape index (κ3) is 3.47. The quantitative estimate of drug-likeness (QED) is 0.911. The van der Waals surface area contributed by atoms with Gasteiger partial charge >= 0.3 is 12.0 Å². The fourth-order valence-corrected chi connectivity index (χ4v) is 1.82. The van der Waals surface area contributed by atoms with Crippen LogP contribution in [0.25, 0.3) is 0 Å². The molecule has 0 radical (unpaired) electrons. The van der Waals surface area contributed by atoms with Crippen LogP contribution in [0.4, 0.5) is 10.5 Å². The summed E-state index contributed by atoms with van der Waals surface area (Å²) in [5, 5.41) is 8.93. The molecule has 0 saturated carbocycles. The van der Waals surface area contributed by atoms with E-state index in [1.807, 2.05) is 32.0 Å². The van der Waals surface area contributed by atoms with E-state index in [0.29, 0.717) is 0 Å². The summed E-state index contributed by atoms with van der Waals surface area (Å²) in [6, 6.07) is 4.60. The number of aryl methyl sites for hydroxylation is 2. The van der Waals surface area contributed by atoms with Gasteiger partial charge in [0.2, 0.25) is 0 Å². The average Bonchev–Trinajstić information content (AvgIpc) is 2.33. The van der Waals surface area contributed by atoms with Crippen molar-refractivity contribution in [3.05, 3.63) is 29.3 Å². The molecule has 1 unspecified atom stereocenters. The molecule has 0 saturated heterocycles. The lowest BCUT2D eigenvalue weighted by atomic mass is 10.1. The van der Waals surface area contributed by atoms with Crippen LogP contribution < -0.4 is 4.90 Å². The molecule has 1 aromatic carbocycles. The summed E-state index contributed by atoms with van der Waals surface area (Å²) in [4.78, 5) is 25.8. The number of nitrogens with zero attached hydrogens (tertiary/aromatic N) is 2. The first-order valence-corrected chi connectivity index (χ1v) is 6.05. The number of carbonyl (C=O) groups excluding carboxylic acids is 1. The minimum absolute atomic E-state index is 0.347. The van der Waals surface area contributed by atoms with Gasteiger partial charge in [0.1, 0.15) is 6.04 Å². The molecule has 2 amide bonds. The number of hydrogen-bond acceptors (Lipinski definition) is 2. The molecule has 0 spiro atoms. The van der Waals surface area contributed by atoms with E-state index in [4.69, 9.17) is 5.11 Å². The van der Waals surface area contributed by atoms with Crippen molar-refractivity contribution in [2.24, 2.45) is 0 Å². The van der Waals surface area contributed by atoms with E-state index in [1.165, 1.54) is 23.8 Å². The molecule has 0 fully saturated rings. The van der Waals surface area contributed by atoms with Crippen molar-refractivity contribution in [2.45, 2.75) is 26.8 Å². The highest BCUT2D eigenvalue weighted by Gasteiger charge is 2.24. The van der Waals surface area contributed by atoms with Crippen LogP contribution in [0.3, 0.4) is 0 Å². The third-order valence-electron chi connectivity index (χ3n) is 3.12. The number of carbonyl (C=O) groups is 2. The van der Waals surface area contributed by atoms with Crippen LogP contribution >= 0.6 is 0 Å². The lowest BCUT2D eigenvalue weighted by Gasteiger charge is -2.28. The zero-order valence-electron chi connectivity index (χ0n) is 12.0. The monoisotopic (exact) mass is 264 g/mol. The van der Waals surface area contributed by atoms with Crippen molar-refractivity contribution in [3.63, 3.8) is 0 Å². The van der Waals surface area contributed by atoms with Gasteiger partial charge in [0.15, 0.2) is 0 Å². The third-order valence-corrected chi connectivity index (χ3v) is 3.12. The second-order valence-electron chi connectivity index (χ2n) is 4.81. The number of amides is 2. The first-order valence-electron chi connectivity index (χ1n) is 6.05. The Hall–Kier alpha value is -2.04. The summed E-state index contributed by atoms with van der Waals surface area (Å²) in [6.45, 7) is 5.40. The maximum Gasteiger partial charge on any atom is 0.326 e. The Kier molecular flexibility index (Phi) is 4.53. The van der Waals surface area contributed by atoms with E-state index in [1.54, 1.807) is 7.05 Å². The number of carboxylic acid groups (broad SMARTS) is 1. The molecule has 0 aliphatic heterocycles. The van der Waals surface area contributed by atoms with E-state index in [-0.39, 0.29) is 6.03 Å². The number of hydrogen-bond donors (Lipinski definition) is 1. The van der Waals surface area contributed by atoms with E-state index < -0.39 is 12.0 Å². The minimum atomic E-state index is -1.02. The van der Waals surface area contributed by atoms with Gasteiger partial charge < -0.3 is 10.0 Å². The first kappa shape index (κ1) is 15.0. The summed E-state index contributed by atoms with van der Waals surface area (Å²) in [5.74, 6) is -1.02. The van der Waals surface area contributed by atoms with E-state index in [2.05, 4.69) is 0 Å². The predicted octanol–water partition coefficient (Wildman–Crippen LogP) is 2.26. The molecule has 0 bridgehead atoms. The average molecular weight is 264 g/mol. The molecule has 1 atom stereocenters. The van der Waals surface area contributed by atoms with Crippen molar-refractivity contribution >= 4 is 17.7 Å². The predicted molar refractivity (Wildman–Crippen MR) is 74.6 cm³/mol. The summed E-state index contributed by atoms with van der Waals surface area (Å²) >= 11 is 0. The van der Waals surface area contributed by atoms with Gasteiger partial charge in [-0.15, -0.1) is 0 Å². The zero-order chi connectivity index (χ0) is 14.7. The van der Waals surface area contributed by atoms with Gasteiger partial charge in [-0.25, -0.2) is 9.59 Å². The van der Waals surface area contributed by atoms with Crippen molar-refractivity contribution in [1.29, 1.82) is 0 Å². The molecular weight excluding hydrogens is 244 g/mol. The van der Waals surface area contributed by atoms with Gasteiger partial charge in [0.05, 0.1) is 0 Å². The Labute approximate surface area is 113 Å². The number of benzene rings is 1. The Balaban J connectivity index is 2.96. The Morgan fingerprint density at radius 1 is 1.11 bits per heavy atom. The van der Waals surface area contributed by atoms with Crippen molar-refractivity contribution in [1.82, 2.24) is 4.90 Å². The van der Waals surface area contributed by atoms with Gasteiger partial charge in [0, 0.05) is 19.8 Å². The van der Waals surface area contributed by atoms with Gasteiger partial charge in [-0.1, -0.05) is 6.07 Å². The topological polar surface area (TPSA) is 60.9 Å². The second-order valence-corrected chi connectivity index (χ2v) is 4.81. The molecule has 1 N–H and O–H groups in total. The normalized spacial score (nSPS) is 11.8. The molecule has 104 valence electrons. The number of likely N-dealkylation sites (N-methyl/N-ethyl adjacent to an activating group) is 1. The number of aliphatic carboxylic acids is 1. The highest BCUT2D eigenvalue weighted by atomic mass is 16.4. The maximum absolute atomic E-state index is 12.2. The molecular formula is C14H20N2O3. The first-order chi connectivity index (χ1) is 8.73. The molecule has 5 heteroatoms. The number of urea groups is 1. The molecule has 5 nitrogen and oxygen atoms in total. The smallest absolute Gasteiger partial charge is 0.326 e. The highest BCUT2D eigenvalue weighted by Crippen LogP contribution is 2.19. The Morgan fingerprint density at radius 3 is 2.00 bits per heavy atom. The van der Waals surface area contributed by atoms with Crippen LogP contribution in [0.5, 0.6) is 0 Å². The van der Waals surface area contributed by atoms with Gasteiger partial charge in [-0.2, -0.15) is 0 Å². The lowest BCUT2D eigenvalue weighted by molar-refractivity contribution is -0.141. The van der Waals surface area contributed by atoms with E-state index in [9.17, 15) is 9.59 Å². The molecule has 1 aromatic rings. The van der Waals surface area contributed by atoms with Crippen LogP contribution in [-0.2, 0) is 4.79 Å². The fourth-order valence-electron chi connectivity index (χ4n) is 1.82. The second kappa shape index (κ2) is 5.73. The fraction of sp³-hybridized carbons (Fsp3) is 0.429. The number of anilines is 1. The van der Waals surface area contributed by atoms with Crippen molar-refractivity contribution in [2.75, 3.05) is 19.0 Å². The SMILES string of the molecule is Cc1cc(C)cc(N(C)C(=O)N(C)C(C)C(=O)O)c1. The summed E-state index contributed by atoms with van der Waals surface area (Å²) < 4.78 is 0. The summed E-state index contributed by atoms with van der Waals surface area (Å²) in [5.41, 5.74) is 2.87. The van der Waals surface area contributed by atoms with Crippen LogP contribution in [0.15, 0.2) is 18.2 Å². The molecule has 0 heterocycles. The number of rotatable bonds is 3. The standard InChI is InChI=1S/C14H20N2O3/c1-9-6-10(2)8-12(7-9)16(5)14(19)15(4)11(3)13(17)18/h6-8,11H,1-5H3,(H,17,18). The number of carboxylic acids is 1. The highest BCUT2D eigenvalue weighted by molar-refractivity contribution is 5.93. The molecule has 19 heavy (non-hydrogen) atoms. The van der Waals surface area contributed by atoms with Crippen LogP contribution in [0, 0.1) is 13.8 Å². The van der Waals surface area contributed by atoms with Crippen LogP contribution in [0.2, 0.25) is 0 Å². The van der Waals surface area contributed by atoms with Crippen molar-refractivity contribution < 1.29 is 14.7 Å². The van der Waals surface area contributed by atoms with Gasteiger partial charge in [-0.3, -0.25) is 4.90 Å². The van der Waals surface area contributed by atoms with Gasteiger partial charge in [0.25, 0.3) is 0 Å². The summed E-state index contributed by atoms with van der Waals surface area (Å²) in [6.07, 6.45) is 0. The maximum atomic E-state index is 12.2. The lowest BCUT2D eigenvalue weighted by Crippen LogP contribution is -2.46. The van der Waals surface area contributed by atoms with E-state index >= 15 is 0 Å². The molecule has 0 aliphatic rings. The van der Waals surface area contributed by atoms with Gasteiger partial charge in [-0.05, 0) is 44.0 Å². The molecule has 1 rings (SSSR count).